The van der Waals surface area contributed by atoms with Crippen LogP contribution in [0.15, 0.2) is 27.9 Å². The van der Waals surface area contributed by atoms with Gasteiger partial charge in [0.15, 0.2) is 0 Å². The SMILES string of the molecule is COC(=O)C1=C(Nc2c(Br)cc(C(=O)O)cc2[N+](=O)[O-])C(=O)N(CCO)C1. The van der Waals surface area contributed by atoms with Crippen LogP contribution in [-0.2, 0) is 14.3 Å². The zero-order valence-corrected chi connectivity index (χ0v) is 15.5. The molecule has 0 aromatic heterocycles. The van der Waals surface area contributed by atoms with E-state index in [-0.39, 0.29) is 46.7 Å². The van der Waals surface area contributed by atoms with Crippen molar-refractivity contribution in [1.82, 2.24) is 4.90 Å². The predicted molar refractivity (Wildman–Crippen MR) is 94.1 cm³/mol. The molecule has 12 heteroatoms. The van der Waals surface area contributed by atoms with Gasteiger partial charge in [0, 0.05) is 17.1 Å². The van der Waals surface area contributed by atoms with Crippen LogP contribution in [0.2, 0.25) is 0 Å². The molecule has 0 fully saturated rings. The van der Waals surface area contributed by atoms with Gasteiger partial charge in [-0.1, -0.05) is 0 Å². The van der Waals surface area contributed by atoms with Gasteiger partial charge >= 0.3 is 11.9 Å². The Morgan fingerprint density at radius 3 is 2.63 bits per heavy atom. The van der Waals surface area contributed by atoms with E-state index >= 15 is 0 Å². The molecular formula is C15H14BrN3O8. The van der Waals surface area contributed by atoms with E-state index in [9.17, 15) is 24.5 Å². The number of aromatic carboxylic acids is 1. The molecule has 0 saturated heterocycles. The molecule has 0 spiro atoms. The first-order valence-electron chi connectivity index (χ1n) is 7.41. The zero-order chi connectivity index (χ0) is 20.3. The van der Waals surface area contributed by atoms with Crippen molar-refractivity contribution in [2.24, 2.45) is 0 Å². The van der Waals surface area contributed by atoms with Crippen molar-refractivity contribution in [3.05, 3.63) is 43.6 Å². The van der Waals surface area contributed by atoms with Crippen LogP contribution in [0.1, 0.15) is 10.4 Å². The molecule has 3 N–H and O–H groups in total. The Morgan fingerprint density at radius 2 is 2.11 bits per heavy atom. The first-order chi connectivity index (χ1) is 12.7. The van der Waals surface area contributed by atoms with Crippen LogP contribution < -0.4 is 5.32 Å². The van der Waals surface area contributed by atoms with Gasteiger partial charge < -0.3 is 25.2 Å². The Labute approximate surface area is 160 Å². The highest BCUT2D eigenvalue weighted by Crippen LogP contribution is 2.36. The summed E-state index contributed by atoms with van der Waals surface area (Å²) in [4.78, 5) is 47.3. The molecule has 0 atom stereocenters. The molecule has 0 radical (unpaired) electrons. The number of ether oxygens (including phenoxy) is 1. The van der Waals surface area contributed by atoms with Gasteiger partial charge in [-0.05, 0) is 22.0 Å². The number of carboxylic acid groups (broad SMARTS) is 1. The number of nitro benzene ring substituents is 1. The average molecular weight is 444 g/mol. The van der Waals surface area contributed by atoms with Crippen molar-refractivity contribution in [1.29, 1.82) is 0 Å². The van der Waals surface area contributed by atoms with E-state index in [1.165, 1.54) is 4.90 Å². The fourth-order valence-corrected chi connectivity index (χ4v) is 3.01. The summed E-state index contributed by atoms with van der Waals surface area (Å²) in [6, 6.07) is 1.96. The Bertz CT molecular complexity index is 867. The molecule has 1 aromatic carbocycles. The molecule has 1 amide bonds. The standard InChI is InChI=1S/C15H14BrN3O8/c1-27-15(24)8-6-18(2-3-20)13(21)11(8)17-12-9(16)4-7(14(22)23)5-10(12)19(25)26/h4-5,17,20H,2-3,6H2,1H3,(H,22,23). The molecule has 1 heterocycles. The Hall–Kier alpha value is -2.99. The number of hydrogen-bond donors (Lipinski definition) is 3. The maximum absolute atomic E-state index is 12.5. The van der Waals surface area contributed by atoms with E-state index in [1.807, 2.05) is 0 Å². The maximum Gasteiger partial charge on any atom is 0.337 e. The zero-order valence-electron chi connectivity index (χ0n) is 13.9. The molecule has 2 rings (SSSR count). The second-order valence-corrected chi connectivity index (χ2v) is 6.19. The molecule has 27 heavy (non-hydrogen) atoms. The van der Waals surface area contributed by atoms with Gasteiger partial charge in [0.2, 0.25) is 0 Å². The van der Waals surface area contributed by atoms with Crippen molar-refractivity contribution in [2.45, 2.75) is 0 Å². The molecule has 144 valence electrons. The minimum atomic E-state index is -1.37. The number of aliphatic hydroxyl groups is 1. The second kappa shape index (κ2) is 8.14. The van der Waals surface area contributed by atoms with Gasteiger partial charge in [0.1, 0.15) is 11.4 Å². The van der Waals surface area contributed by atoms with E-state index in [0.717, 1.165) is 19.2 Å². The topological polar surface area (TPSA) is 159 Å². The van der Waals surface area contributed by atoms with Crippen LogP contribution in [0.5, 0.6) is 0 Å². The first-order valence-corrected chi connectivity index (χ1v) is 8.20. The third kappa shape index (κ3) is 4.06. The fraction of sp³-hybridized carbons (Fsp3) is 0.267. The smallest absolute Gasteiger partial charge is 0.337 e. The van der Waals surface area contributed by atoms with Gasteiger partial charge in [-0.3, -0.25) is 14.9 Å². The van der Waals surface area contributed by atoms with Crippen LogP contribution in [0.4, 0.5) is 11.4 Å². The number of esters is 1. The summed E-state index contributed by atoms with van der Waals surface area (Å²) >= 11 is 3.05. The lowest BCUT2D eigenvalue weighted by Gasteiger charge is -2.15. The van der Waals surface area contributed by atoms with Crippen molar-refractivity contribution in [3.8, 4) is 0 Å². The molecule has 0 unspecified atom stereocenters. The minimum Gasteiger partial charge on any atom is -0.478 e. The highest BCUT2D eigenvalue weighted by Gasteiger charge is 2.36. The summed E-state index contributed by atoms with van der Waals surface area (Å²) in [5, 5.41) is 32.0. The van der Waals surface area contributed by atoms with Crippen LogP contribution in [0.25, 0.3) is 0 Å². The number of halogens is 1. The molecule has 1 aliphatic rings. The largest absolute Gasteiger partial charge is 0.478 e. The fourth-order valence-electron chi connectivity index (χ4n) is 2.46. The van der Waals surface area contributed by atoms with Crippen molar-refractivity contribution < 1.29 is 34.3 Å². The van der Waals surface area contributed by atoms with E-state index in [2.05, 4.69) is 26.0 Å². The minimum absolute atomic E-state index is 0.0132. The maximum atomic E-state index is 12.5. The lowest BCUT2D eigenvalue weighted by molar-refractivity contribution is -0.384. The number of methoxy groups -OCH3 is 1. The summed E-state index contributed by atoms with van der Waals surface area (Å²) in [7, 11) is 1.12. The van der Waals surface area contributed by atoms with E-state index in [0.29, 0.717) is 0 Å². The van der Waals surface area contributed by atoms with Gasteiger partial charge in [-0.15, -0.1) is 0 Å². The number of nitro groups is 1. The van der Waals surface area contributed by atoms with E-state index < -0.39 is 28.5 Å². The van der Waals surface area contributed by atoms with Crippen LogP contribution in [0.3, 0.4) is 0 Å². The number of nitrogens with one attached hydrogen (secondary N) is 1. The van der Waals surface area contributed by atoms with Gasteiger partial charge in [0.25, 0.3) is 11.6 Å². The molecule has 1 aliphatic heterocycles. The van der Waals surface area contributed by atoms with Crippen LogP contribution >= 0.6 is 15.9 Å². The number of amides is 1. The van der Waals surface area contributed by atoms with Crippen molar-refractivity contribution in [3.63, 3.8) is 0 Å². The van der Waals surface area contributed by atoms with Crippen LogP contribution in [-0.4, -0.2) is 64.7 Å². The number of rotatable bonds is 7. The Kier molecular flexibility index (Phi) is 6.13. The van der Waals surface area contributed by atoms with Gasteiger partial charge in [0.05, 0.1) is 36.3 Å². The van der Waals surface area contributed by atoms with Gasteiger partial charge in [-0.25, -0.2) is 9.59 Å². The number of carboxylic acids is 1. The highest BCUT2D eigenvalue weighted by atomic mass is 79.9. The quantitative estimate of drug-likeness (QED) is 0.313. The number of hydrogen-bond acceptors (Lipinski definition) is 8. The molecule has 1 aromatic rings. The molecular weight excluding hydrogens is 430 g/mol. The normalized spacial score (nSPS) is 13.7. The second-order valence-electron chi connectivity index (χ2n) is 5.33. The average Bonchev–Trinajstić information content (AvgIpc) is 2.92. The monoisotopic (exact) mass is 443 g/mol. The highest BCUT2D eigenvalue weighted by molar-refractivity contribution is 9.10. The molecule has 0 bridgehead atoms. The van der Waals surface area contributed by atoms with E-state index in [4.69, 9.17) is 10.2 Å². The first kappa shape index (κ1) is 20.3. The number of aliphatic hydroxyl groups excluding tert-OH is 1. The molecule has 0 saturated carbocycles. The summed E-state index contributed by atoms with van der Waals surface area (Å²) < 4.78 is 4.65. The van der Waals surface area contributed by atoms with Gasteiger partial charge in [-0.2, -0.15) is 0 Å². The Morgan fingerprint density at radius 1 is 1.44 bits per heavy atom. The third-order valence-electron chi connectivity index (χ3n) is 3.72. The van der Waals surface area contributed by atoms with E-state index in [1.54, 1.807) is 0 Å². The summed E-state index contributed by atoms with van der Waals surface area (Å²) in [6.45, 7) is -0.538. The summed E-state index contributed by atoms with van der Waals surface area (Å²) in [6.07, 6.45) is 0. The number of carbonyl (C=O) groups is 3. The van der Waals surface area contributed by atoms with Crippen LogP contribution in [0, 0.1) is 10.1 Å². The van der Waals surface area contributed by atoms with Crippen molar-refractivity contribution in [2.75, 3.05) is 32.1 Å². The summed E-state index contributed by atoms with van der Waals surface area (Å²) in [5.41, 5.74) is -1.45. The number of benzene rings is 1. The number of carbonyl (C=O) groups excluding carboxylic acids is 2. The third-order valence-corrected chi connectivity index (χ3v) is 4.34. The lowest BCUT2D eigenvalue weighted by Crippen LogP contribution is -2.31. The Balaban J connectivity index is 2.55. The number of nitrogens with zero attached hydrogens (tertiary/aromatic N) is 2. The molecule has 11 nitrogen and oxygen atoms in total. The summed E-state index contributed by atoms with van der Waals surface area (Å²) in [5.74, 6) is -2.84. The predicted octanol–water partition coefficient (Wildman–Crippen LogP) is 0.729. The molecule has 0 aliphatic carbocycles. The number of β-amino-alcohol motifs (C(OH)–C–C–N with tert-alkyl or cyclic N) is 1. The lowest BCUT2D eigenvalue weighted by atomic mass is 10.1. The van der Waals surface area contributed by atoms with Crippen molar-refractivity contribution >= 4 is 45.2 Å². The number of anilines is 1.